The minimum atomic E-state index is -0.303. The molecular formula is C27H28ClN3O4. The van der Waals surface area contributed by atoms with Crippen molar-refractivity contribution >= 4 is 28.5 Å². The second-order valence-corrected chi connectivity index (χ2v) is 8.46. The van der Waals surface area contributed by atoms with Crippen molar-refractivity contribution in [2.45, 2.75) is 25.9 Å². The summed E-state index contributed by atoms with van der Waals surface area (Å²) < 4.78 is 18.8. The van der Waals surface area contributed by atoms with E-state index in [-0.39, 0.29) is 18.6 Å². The molecule has 0 radical (unpaired) electrons. The number of carbonyl (C=O) groups excluding carboxylic acids is 1. The Balaban J connectivity index is 1.38. The van der Waals surface area contributed by atoms with E-state index < -0.39 is 0 Å². The zero-order valence-electron chi connectivity index (χ0n) is 19.7. The fraction of sp³-hybridized carbons (Fsp3) is 0.259. The van der Waals surface area contributed by atoms with E-state index in [0.29, 0.717) is 23.9 Å². The van der Waals surface area contributed by atoms with Crippen molar-refractivity contribution in [2.75, 3.05) is 20.3 Å². The van der Waals surface area contributed by atoms with E-state index in [1.807, 2.05) is 55.5 Å². The Morgan fingerprint density at radius 1 is 1.00 bits per heavy atom. The van der Waals surface area contributed by atoms with E-state index >= 15 is 0 Å². The summed E-state index contributed by atoms with van der Waals surface area (Å²) in [6, 6.07) is 22.1. The third kappa shape index (κ3) is 6.45. The highest BCUT2D eigenvalue weighted by molar-refractivity contribution is 6.30. The average Bonchev–Trinajstić information content (AvgIpc) is 3.25. The lowest BCUT2D eigenvalue weighted by Gasteiger charge is -2.17. The van der Waals surface area contributed by atoms with Gasteiger partial charge in [-0.15, -0.1) is 0 Å². The summed E-state index contributed by atoms with van der Waals surface area (Å²) >= 11 is 5.89. The van der Waals surface area contributed by atoms with Crippen LogP contribution in [0.25, 0.3) is 11.0 Å². The maximum absolute atomic E-state index is 12.5. The van der Waals surface area contributed by atoms with Crippen LogP contribution >= 0.6 is 11.6 Å². The summed E-state index contributed by atoms with van der Waals surface area (Å²) in [5.41, 5.74) is 1.90. The Hall–Kier alpha value is -3.71. The molecule has 0 fully saturated rings. The molecule has 35 heavy (non-hydrogen) atoms. The zero-order valence-corrected chi connectivity index (χ0v) is 20.5. The Labute approximate surface area is 209 Å². The maximum Gasteiger partial charge on any atom is 0.258 e. The number of ether oxygens (including phenoxy) is 3. The number of hydrogen-bond donors (Lipinski definition) is 1. The van der Waals surface area contributed by atoms with Crippen LogP contribution in [0.5, 0.6) is 17.2 Å². The first-order valence-electron chi connectivity index (χ1n) is 11.4. The number of nitrogens with one attached hydrogen (secondary N) is 1. The largest absolute Gasteiger partial charge is 0.497 e. The second kappa shape index (κ2) is 11.6. The summed E-state index contributed by atoms with van der Waals surface area (Å²) in [6.45, 7) is 3.06. The number of rotatable bonds is 11. The van der Waals surface area contributed by atoms with Gasteiger partial charge in [0, 0.05) is 17.6 Å². The molecule has 0 bridgehead atoms. The van der Waals surface area contributed by atoms with Gasteiger partial charge in [0.2, 0.25) is 0 Å². The van der Waals surface area contributed by atoms with E-state index in [9.17, 15) is 4.79 Å². The second-order valence-electron chi connectivity index (χ2n) is 8.02. The molecular weight excluding hydrogens is 466 g/mol. The van der Waals surface area contributed by atoms with Crippen LogP contribution in [-0.2, 0) is 11.3 Å². The first-order chi connectivity index (χ1) is 17.0. The summed E-state index contributed by atoms with van der Waals surface area (Å²) in [6.07, 6.45) is 0.769. The number of para-hydroxylation sites is 2. The standard InChI is InChI=1S/C27H28ClN3O4/c1-19(29-26(32)18-35-21-13-11-20(28)12-14-21)27-30-24-9-3-4-10-25(24)31(27)15-6-16-34-23-8-5-7-22(17-23)33-2/h3-5,7-14,17,19H,6,15-16,18H2,1-2H3,(H,29,32). The van der Waals surface area contributed by atoms with Crippen LogP contribution in [-0.4, -0.2) is 35.8 Å². The third-order valence-corrected chi connectivity index (χ3v) is 5.72. The van der Waals surface area contributed by atoms with E-state index in [2.05, 4.69) is 9.88 Å². The van der Waals surface area contributed by atoms with Crippen molar-refractivity contribution in [1.29, 1.82) is 0 Å². The molecule has 4 aromatic rings. The molecule has 0 aliphatic carbocycles. The zero-order chi connectivity index (χ0) is 24.6. The van der Waals surface area contributed by atoms with Gasteiger partial charge in [-0.25, -0.2) is 4.98 Å². The topological polar surface area (TPSA) is 74.6 Å². The third-order valence-electron chi connectivity index (χ3n) is 5.47. The SMILES string of the molecule is COc1cccc(OCCCn2c(C(C)NC(=O)COc3ccc(Cl)cc3)nc3ccccc32)c1. The molecule has 0 aliphatic rings. The van der Waals surface area contributed by atoms with Crippen LogP contribution in [0, 0.1) is 0 Å². The smallest absolute Gasteiger partial charge is 0.258 e. The number of amides is 1. The molecule has 0 saturated carbocycles. The number of fused-ring (bicyclic) bond motifs is 1. The van der Waals surface area contributed by atoms with Gasteiger partial charge in [-0.2, -0.15) is 0 Å². The van der Waals surface area contributed by atoms with Crippen molar-refractivity contribution in [3.8, 4) is 17.2 Å². The Kier molecular flexibility index (Phi) is 8.11. The maximum atomic E-state index is 12.5. The van der Waals surface area contributed by atoms with Crippen LogP contribution in [0.1, 0.15) is 25.2 Å². The van der Waals surface area contributed by atoms with Gasteiger partial charge in [0.05, 0.1) is 30.8 Å². The lowest BCUT2D eigenvalue weighted by molar-refractivity contribution is -0.123. The van der Waals surface area contributed by atoms with E-state index in [4.69, 9.17) is 30.8 Å². The van der Waals surface area contributed by atoms with Crippen molar-refractivity contribution in [1.82, 2.24) is 14.9 Å². The fourth-order valence-corrected chi connectivity index (χ4v) is 3.92. The molecule has 0 spiro atoms. The normalized spacial score (nSPS) is 11.7. The first-order valence-corrected chi connectivity index (χ1v) is 11.8. The Morgan fingerprint density at radius 2 is 1.77 bits per heavy atom. The fourth-order valence-electron chi connectivity index (χ4n) is 3.79. The predicted octanol–water partition coefficient (Wildman–Crippen LogP) is 5.42. The van der Waals surface area contributed by atoms with Crippen LogP contribution < -0.4 is 19.5 Å². The van der Waals surface area contributed by atoms with Crippen LogP contribution in [0.4, 0.5) is 0 Å². The number of carbonyl (C=O) groups is 1. The predicted molar refractivity (Wildman–Crippen MR) is 136 cm³/mol. The molecule has 1 amide bonds. The molecule has 1 atom stereocenters. The van der Waals surface area contributed by atoms with Gasteiger partial charge >= 0.3 is 0 Å². The molecule has 1 unspecified atom stereocenters. The minimum Gasteiger partial charge on any atom is -0.497 e. The molecule has 0 saturated heterocycles. The Bertz CT molecular complexity index is 1270. The van der Waals surface area contributed by atoms with Crippen molar-refractivity contribution in [3.05, 3.63) is 83.6 Å². The van der Waals surface area contributed by atoms with E-state index in [1.54, 1.807) is 31.4 Å². The summed E-state index contributed by atoms with van der Waals surface area (Å²) in [7, 11) is 1.63. The molecule has 7 nitrogen and oxygen atoms in total. The molecule has 1 aromatic heterocycles. The number of imidazole rings is 1. The monoisotopic (exact) mass is 493 g/mol. The van der Waals surface area contributed by atoms with Gasteiger partial charge in [0.15, 0.2) is 6.61 Å². The highest BCUT2D eigenvalue weighted by atomic mass is 35.5. The molecule has 4 rings (SSSR count). The van der Waals surface area contributed by atoms with Gasteiger partial charge in [-0.1, -0.05) is 29.8 Å². The van der Waals surface area contributed by atoms with E-state index in [1.165, 1.54) is 0 Å². The number of aromatic nitrogens is 2. The number of halogens is 1. The van der Waals surface area contributed by atoms with E-state index in [0.717, 1.165) is 34.8 Å². The Morgan fingerprint density at radius 3 is 2.57 bits per heavy atom. The first kappa shape index (κ1) is 24.4. The van der Waals surface area contributed by atoms with Crippen LogP contribution in [0.3, 0.4) is 0 Å². The summed E-state index contributed by atoms with van der Waals surface area (Å²) in [5.74, 6) is 2.66. The van der Waals surface area contributed by atoms with Gasteiger partial charge < -0.3 is 24.1 Å². The molecule has 182 valence electrons. The molecule has 1 heterocycles. The van der Waals surface area contributed by atoms with Gasteiger partial charge in [-0.3, -0.25) is 4.79 Å². The van der Waals surface area contributed by atoms with Crippen molar-refractivity contribution < 1.29 is 19.0 Å². The number of nitrogens with zero attached hydrogens (tertiary/aromatic N) is 2. The highest BCUT2D eigenvalue weighted by Gasteiger charge is 2.18. The molecule has 1 N–H and O–H groups in total. The van der Waals surface area contributed by atoms with Crippen molar-refractivity contribution in [2.24, 2.45) is 0 Å². The molecule has 3 aromatic carbocycles. The number of aryl methyl sites for hydroxylation is 1. The quantitative estimate of drug-likeness (QED) is 0.282. The van der Waals surface area contributed by atoms with Crippen LogP contribution in [0.2, 0.25) is 5.02 Å². The summed E-state index contributed by atoms with van der Waals surface area (Å²) in [5, 5.41) is 3.60. The van der Waals surface area contributed by atoms with Gasteiger partial charge in [0.1, 0.15) is 23.1 Å². The van der Waals surface area contributed by atoms with Gasteiger partial charge in [0.25, 0.3) is 5.91 Å². The number of benzene rings is 3. The lowest BCUT2D eigenvalue weighted by Crippen LogP contribution is -2.32. The summed E-state index contributed by atoms with van der Waals surface area (Å²) in [4.78, 5) is 17.3. The minimum absolute atomic E-state index is 0.0966. The van der Waals surface area contributed by atoms with Crippen molar-refractivity contribution in [3.63, 3.8) is 0 Å². The van der Waals surface area contributed by atoms with Crippen LogP contribution in [0.15, 0.2) is 72.8 Å². The average molecular weight is 494 g/mol. The molecule has 8 heteroatoms. The lowest BCUT2D eigenvalue weighted by atomic mass is 10.3. The number of hydrogen-bond acceptors (Lipinski definition) is 5. The molecule has 0 aliphatic heterocycles. The highest BCUT2D eigenvalue weighted by Crippen LogP contribution is 2.23. The number of methoxy groups -OCH3 is 1. The van der Waals surface area contributed by atoms with Gasteiger partial charge in [-0.05, 0) is 61.9 Å².